The zero-order chi connectivity index (χ0) is 27.2. The van der Waals surface area contributed by atoms with Crippen LogP contribution in [0, 0.1) is 0 Å². The molecule has 0 amide bonds. The minimum atomic E-state index is -0.185. The quantitative estimate of drug-likeness (QED) is 0.248. The zero-order valence-electron chi connectivity index (χ0n) is 22.2. The van der Waals surface area contributed by atoms with E-state index in [9.17, 15) is 0 Å². The van der Waals surface area contributed by atoms with E-state index in [2.05, 4.69) is 84.2 Å². The van der Waals surface area contributed by atoms with E-state index in [0.717, 1.165) is 72.4 Å². The molecule has 1 aromatic heterocycles. The van der Waals surface area contributed by atoms with Gasteiger partial charge in [-0.05, 0) is 46.8 Å². The SMILES string of the molecule is c1ccc(-c2nc3ccccc3nc2-c2cccc(-c3ccc4c5c(ccc4c3)OC(c3ccccc3)N5)c2)cc1. The van der Waals surface area contributed by atoms with Gasteiger partial charge in [-0.3, -0.25) is 0 Å². The van der Waals surface area contributed by atoms with E-state index >= 15 is 0 Å². The van der Waals surface area contributed by atoms with Gasteiger partial charge in [-0.15, -0.1) is 0 Å². The van der Waals surface area contributed by atoms with E-state index in [-0.39, 0.29) is 6.23 Å². The average Bonchev–Trinajstić information content (AvgIpc) is 3.50. The summed E-state index contributed by atoms with van der Waals surface area (Å²) in [5, 5.41) is 5.89. The molecule has 4 heteroatoms. The van der Waals surface area contributed by atoms with Gasteiger partial charge in [0.1, 0.15) is 5.75 Å². The molecule has 7 aromatic rings. The van der Waals surface area contributed by atoms with Gasteiger partial charge in [0.05, 0.1) is 28.1 Å². The Balaban J connectivity index is 1.19. The van der Waals surface area contributed by atoms with Gasteiger partial charge in [0.25, 0.3) is 0 Å². The van der Waals surface area contributed by atoms with Crippen LogP contribution in [0.3, 0.4) is 0 Å². The van der Waals surface area contributed by atoms with Gasteiger partial charge in [-0.25, -0.2) is 9.97 Å². The topological polar surface area (TPSA) is 47.0 Å². The maximum atomic E-state index is 6.23. The number of hydrogen-bond donors (Lipinski definition) is 1. The Morgan fingerprint density at radius 3 is 1.93 bits per heavy atom. The van der Waals surface area contributed by atoms with Crippen molar-refractivity contribution < 1.29 is 4.74 Å². The minimum absolute atomic E-state index is 0.185. The highest BCUT2D eigenvalue weighted by Gasteiger charge is 2.25. The van der Waals surface area contributed by atoms with E-state index in [1.54, 1.807) is 0 Å². The molecule has 8 rings (SSSR count). The highest BCUT2D eigenvalue weighted by atomic mass is 16.5. The summed E-state index contributed by atoms with van der Waals surface area (Å²) in [6.07, 6.45) is -0.185. The Labute approximate surface area is 237 Å². The summed E-state index contributed by atoms with van der Waals surface area (Å²) in [7, 11) is 0. The number of anilines is 1. The van der Waals surface area contributed by atoms with E-state index in [4.69, 9.17) is 14.7 Å². The van der Waals surface area contributed by atoms with Crippen LogP contribution in [-0.4, -0.2) is 9.97 Å². The second kappa shape index (κ2) is 9.61. The summed E-state index contributed by atoms with van der Waals surface area (Å²) in [6, 6.07) is 48.0. The largest absolute Gasteiger partial charge is 0.464 e. The number of hydrogen-bond acceptors (Lipinski definition) is 4. The summed E-state index contributed by atoms with van der Waals surface area (Å²) < 4.78 is 6.23. The molecule has 1 aliphatic rings. The Kier molecular flexibility index (Phi) is 5.49. The molecule has 0 saturated heterocycles. The van der Waals surface area contributed by atoms with Gasteiger partial charge in [-0.1, -0.05) is 109 Å². The lowest BCUT2D eigenvalue weighted by Gasteiger charge is -2.12. The minimum Gasteiger partial charge on any atom is -0.464 e. The third-order valence-electron chi connectivity index (χ3n) is 7.69. The van der Waals surface area contributed by atoms with Gasteiger partial charge in [0.15, 0.2) is 6.23 Å². The maximum Gasteiger partial charge on any atom is 0.196 e. The number of para-hydroxylation sites is 2. The number of ether oxygens (including phenoxy) is 1. The summed E-state index contributed by atoms with van der Waals surface area (Å²) in [5.74, 6) is 0.879. The van der Waals surface area contributed by atoms with Crippen LogP contribution in [0.2, 0.25) is 0 Å². The van der Waals surface area contributed by atoms with Crippen LogP contribution >= 0.6 is 0 Å². The van der Waals surface area contributed by atoms with Crippen LogP contribution in [0.4, 0.5) is 5.69 Å². The molecule has 4 nitrogen and oxygen atoms in total. The second-order valence-corrected chi connectivity index (χ2v) is 10.3. The van der Waals surface area contributed by atoms with Crippen LogP contribution in [0.5, 0.6) is 5.75 Å². The molecule has 0 bridgehead atoms. The van der Waals surface area contributed by atoms with Crippen molar-refractivity contribution in [3.63, 3.8) is 0 Å². The van der Waals surface area contributed by atoms with Gasteiger partial charge in [-0.2, -0.15) is 0 Å². The third-order valence-corrected chi connectivity index (χ3v) is 7.69. The molecule has 2 heterocycles. The van der Waals surface area contributed by atoms with Crippen molar-refractivity contribution in [1.29, 1.82) is 0 Å². The first kappa shape index (κ1) is 23.4. The zero-order valence-corrected chi connectivity index (χ0v) is 22.2. The summed E-state index contributed by atoms with van der Waals surface area (Å²) in [4.78, 5) is 10.1. The number of fused-ring (bicyclic) bond motifs is 4. The molecule has 0 fully saturated rings. The highest BCUT2D eigenvalue weighted by molar-refractivity contribution is 6.00. The number of rotatable bonds is 4. The van der Waals surface area contributed by atoms with E-state index in [1.807, 2.05) is 60.7 Å². The van der Waals surface area contributed by atoms with E-state index < -0.39 is 0 Å². The van der Waals surface area contributed by atoms with Crippen LogP contribution < -0.4 is 10.1 Å². The number of aromatic nitrogens is 2. The first-order chi connectivity index (χ1) is 20.3. The van der Waals surface area contributed by atoms with Crippen molar-refractivity contribution in [1.82, 2.24) is 9.97 Å². The van der Waals surface area contributed by atoms with Gasteiger partial charge >= 0.3 is 0 Å². The predicted molar refractivity (Wildman–Crippen MR) is 167 cm³/mol. The fraction of sp³-hybridized carbons (Fsp3) is 0.0270. The van der Waals surface area contributed by atoms with E-state index in [1.165, 1.54) is 0 Å². The molecule has 1 aliphatic heterocycles. The summed E-state index contributed by atoms with van der Waals surface area (Å²) in [6.45, 7) is 0. The van der Waals surface area contributed by atoms with Crippen molar-refractivity contribution in [3.8, 4) is 39.4 Å². The third kappa shape index (κ3) is 4.17. The molecular formula is C37H25N3O. The van der Waals surface area contributed by atoms with Crippen molar-refractivity contribution in [2.24, 2.45) is 0 Å². The monoisotopic (exact) mass is 527 g/mol. The van der Waals surface area contributed by atoms with Crippen LogP contribution in [0.1, 0.15) is 11.8 Å². The van der Waals surface area contributed by atoms with Crippen molar-refractivity contribution in [3.05, 3.63) is 145 Å². The second-order valence-electron chi connectivity index (χ2n) is 10.3. The fourth-order valence-electron chi connectivity index (χ4n) is 5.65. The molecule has 1 atom stereocenters. The Morgan fingerprint density at radius 2 is 1.15 bits per heavy atom. The standard InChI is InChI=1S/C37H25N3O/c1-3-10-24(11-4-1)34-35(39-32-17-8-7-16-31(32)38-34)29-15-9-14-26(23-29)27-18-20-30-28(22-27)19-21-33-36(30)40-37(41-33)25-12-5-2-6-13-25/h1-23,37,40H. The molecule has 6 aromatic carbocycles. The van der Waals surface area contributed by atoms with Crippen LogP contribution in [0.15, 0.2) is 140 Å². The van der Waals surface area contributed by atoms with Crippen molar-refractivity contribution in [2.75, 3.05) is 5.32 Å². The lowest BCUT2D eigenvalue weighted by atomic mass is 9.96. The smallest absolute Gasteiger partial charge is 0.196 e. The van der Waals surface area contributed by atoms with Crippen LogP contribution in [0.25, 0.3) is 55.4 Å². The number of nitrogens with one attached hydrogen (secondary N) is 1. The van der Waals surface area contributed by atoms with Crippen molar-refractivity contribution in [2.45, 2.75) is 6.23 Å². The Bertz CT molecular complexity index is 2060. The normalized spacial score (nSPS) is 14.0. The fourth-order valence-corrected chi connectivity index (χ4v) is 5.65. The van der Waals surface area contributed by atoms with Crippen molar-refractivity contribution >= 4 is 27.5 Å². The van der Waals surface area contributed by atoms with Gasteiger partial charge < -0.3 is 10.1 Å². The molecular weight excluding hydrogens is 502 g/mol. The van der Waals surface area contributed by atoms with Crippen LogP contribution in [-0.2, 0) is 0 Å². The maximum absolute atomic E-state index is 6.23. The molecule has 41 heavy (non-hydrogen) atoms. The Hall–Kier alpha value is -5.48. The first-order valence-corrected chi connectivity index (χ1v) is 13.8. The predicted octanol–water partition coefficient (Wildman–Crippen LogP) is 9.29. The highest BCUT2D eigenvalue weighted by Crippen LogP contribution is 2.43. The first-order valence-electron chi connectivity index (χ1n) is 13.8. The molecule has 194 valence electrons. The Morgan fingerprint density at radius 1 is 0.512 bits per heavy atom. The molecule has 0 aliphatic carbocycles. The summed E-state index contributed by atoms with van der Waals surface area (Å²) >= 11 is 0. The number of benzene rings is 6. The van der Waals surface area contributed by atoms with Gasteiger partial charge in [0.2, 0.25) is 0 Å². The number of nitrogens with zero attached hydrogens (tertiary/aromatic N) is 2. The molecule has 0 saturated carbocycles. The summed E-state index contributed by atoms with van der Waals surface area (Å²) in [5.41, 5.74) is 10.0. The lowest BCUT2D eigenvalue weighted by Crippen LogP contribution is -2.09. The average molecular weight is 528 g/mol. The molecule has 0 spiro atoms. The lowest BCUT2D eigenvalue weighted by molar-refractivity contribution is 0.260. The molecule has 0 radical (unpaired) electrons. The van der Waals surface area contributed by atoms with Gasteiger partial charge in [0, 0.05) is 22.1 Å². The molecule has 1 N–H and O–H groups in total. The van der Waals surface area contributed by atoms with E-state index in [0.29, 0.717) is 0 Å². The molecule has 1 unspecified atom stereocenters.